The van der Waals surface area contributed by atoms with Gasteiger partial charge in [-0.1, -0.05) is 13.8 Å². The van der Waals surface area contributed by atoms with Crippen molar-refractivity contribution in [2.24, 2.45) is 17.3 Å². The summed E-state index contributed by atoms with van der Waals surface area (Å²) in [5, 5.41) is 30.0. The maximum atomic E-state index is 14.6. The van der Waals surface area contributed by atoms with Crippen LogP contribution in [0, 0.1) is 27.4 Å². The number of carbonyl (C=O) groups is 2. The number of fused-ring (bicyclic) bond motifs is 2. The van der Waals surface area contributed by atoms with E-state index in [4.69, 9.17) is 0 Å². The lowest BCUT2D eigenvalue weighted by atomic mass is 9.44. The Kier molecular flexibility index (Phi) is 6.80. The summed E-state index contributed by atoms with van der Waals surface area (Å²) >= 11 is 0. The topological polar surface area (TPSA) is 136 Å². The Morgan fingerprint density at radius 1 is 1.21 bits per heavy atom. The number of hydrogen-bond acceptors (Lipinski definition) is 8. The van der Waals surface area contributed by atoms with E-state index in [1.165, 1.54) is 0 Å². The Morgan fingerprint density at radius 2 is 1.82 bits per heavy atom. The largest absolute Gasteiger partial charge is 0.508 e. The zero-order chi connectivity index (χ0) is 24.6. The quantitative estimate of drug-likeness (QED) is 0.227. The van der Waals surface area contributed by atoms with Crippen LogP contribution in [0.5, 0.6) is 11.5 Å². The molecule has 2 N–H and O–H groups in total. The SMILES string of the molecule is CC1(C)[C@@H]2C[C@H]1[C@@H](c1c(O)cc(C(F)(F)C(=O)OCCCCCO[N+](=O)[O-])cc1O)CC2=O. The number of phenols is 2. The van der Waals surface area contributed by atoms with Gasteiger partial charge in [0.15, 0.2) is 0 Å². The molecule has 2 bridgehead atoms. The molecule has 0 aromatic heterocycles. The second kappa shape index (κ2) is 9.11. The van der Waals surface area contributed by atoms with Crippen LogP contribution in [0.3, 0.4) is 0 Å². The molecular weight excluding hydrogens is 444 g/mol. The fourth-order valence-corrected chi connectivity index (χ4v) is 5.07. The number of nitrogens with zero attached hydrogens (tertiary/aromatic N) is 1. The number of phenolic OH excluding ortho intramolecular Hbond substituents is 2. The summed E-state index contributed by atoms with van der Waals surface area (Å²) in [4.78, 5) is 38.5. The number of halogens is 2. The number of rotatable bonds is 10. The molecule has 0 saturated heterocycles. The van der Waals surface area contributed by atoms with Crippen LogP contribution in [0.2, 0.25) is 0 Å². The Bertz CT molecular complexity index is 925. The fourth-order valence-electron chi connectivity index (χ4n) is 5.07. The third-order valence-corrected chi connectivity index (χ3v) is 6.98. The molecular formula is C22H27F2NO8. The summed E-state index contributed by atoms with van der Waals surface area (Å²) in [5.41, 5.74) is -1.18. The zero-order valence-electron chi connectivity index (χ0n) is 18.4. The van der Waals surface area contributed by atoms with Gasteiger partial charge in [0.1, 0.15) is 17.3 Å². The fraction of sp³-hybridized carbons (Fsp3) is 0.636. The predicted molar refractivity (Wildman–Crippen MR) is 109 cm³/mol. The summed E-state index contributed by atoms with van der Waals surface area (Å²) in [5.74, 6) is -7.67. The van der Waals surface area contributed by atoms with E-state index in [1.807, 2.05) is 13.8 Å². The normalized spacial score (nSPS) is 23.5. The smallest absolute Gasteiger partial charge is 0.381 e. The number of Topliss-reactive ketones (excluding diaryl/α,β-unsaturated/α-hetero) is 1. The molecule has 11 heteroatoms. The van der Waals surface area contributed by atoms with Crippen LogP contribution in [0.25, 0.3) is 0 Å². The summed E-state index contributed by atoms with van der Waals surface area (Å²) in [6, 6.07) is 1.46. The van der Waals surface area contributed by atoms with Crippen LogP contribution >= 0.6 is 0 Å². The van der Waals surface area contributed by atoms with Crippen LogP contribution in [-0.2, 0) is 25.1 Å². The maximum Gasteiger partial charge on any atom is 0.381 e. The van der Waals surface area contributed by atoms with Crippen LogP contribution in [0.4, 0.5) is 8.78 Å². The lowest BCUT2D eigenvalue weighted by molar-refractivity contribution is -0.757. The van der Waals surface area contributed by atoms with Crippen molar-refractivity contribution in [1.82, 2.24) is 0 Å². The predicted octanol–water partition coefficient (Wildman–Crippen LogP) is 3.83. The highest BCUT2D eigenvalue weighted by atomic mass is 19.3. The highest BCUT2D eigenvalue weighted by Gasteiger charge is 2.59. The van der Waals surface area contributed by atoms with Crippen molar-refractivity contribution in [2.45, 2.75) is 57.8 Å². The number of benzene rings is 1. The van der Waals surface area contributed by atoms with E-state index in [2.05, 4.69) is 9.57 Å². The van der Waals surface area contributed by atoms with Gasteiger partial charge >= 0.3 is 11.9 Å². The lowest BCUT2D eigenvalue weighted by Gasteiger charge is -2.59. The molecule has 0 heterocycles. The molecule has 9 nitrogen and oxygen atoms in total. The molecule has 3 saturated carbocycles. The summed E-state index contributed by atoms with van der Waals surface area (Å²) in [6.07, 6.45) is 1.59. The van der Waals surface area contributed by atoms with Crippen LogP contribution in [0.1, 0.15) is 63.0 Å². The summed E-state index contributed by atoms with van der Waals surface area (Å²) in [6.45, 7) is 3.41. The average molecular weight is 471 g/mol. The molecule has 0 aliphatic heterocycles. The second-order valence-electron chi connectivity index (χ2n) is 9.25. The van der Waals surface area contributed by atoms with Crippen molar-refractivity contribution in [2.75, 3.05) is 13.2 Å². The van der Waals surface area contributed by atoms with E-state index in [0.717, 1.165) is 12.1 Å². The van der Waals surface area contributed by atoms with Gasteiger partial charge in [-0.15, -0.1) is 10.1 Å². The van der Waals surface area contributed by atoms with Gasteiger partial charge < -0.3 is 19.8 Å². The molecule has 3 fully saturated rings. The number of unbranched alkanes of at least 4 members (excludes halogenated alkanes) is 2. The molecule has 1 aromatic rings. The van der Waals surface area contributed by atoms with E-state index in [9.17, 15) is 38.7 Å². The zero-order valence-corrected chi connectivity index (χ0v) is 18.4. The van der Waals surface area contributed by atoms with Crippen molar-refractivity contribution in [3.63, 3.8) is 0 Å². The first-order chi connectivity index (χ1) is 15.4. The van der Waals surface area contributed by atoms with Crippen molar-refractivity contribution in [3.8, 4) is 11.5 Å². The molecule has 33 heavy (non-hydrogen) atoms. The van der Waals surface area contributed by atoms with Gasteiger partial charge in [0.05, 0.1) is 13.2 Å². The first kappa shape index (κ1) is 24.7. The highest BCUT2D eigenvalue weighted by Crippen LogP contribution is 2.64. The Labute approximate surface area is 188 Å². The molecule has 0 amide bonds. The third-order valence-electron chi connectivity index (χ3n) is 6.98. The Balaban J connectivity index is 1.65. The van der Waals surface area contributed by atoms with Crippen molar-refractivity contribution < 1.29 is 43.2 Å². The molecule has 0 radical (unpaired) electrons. The molecule has 4 rings (SSSR count). The number of hydrogen-bond donors (Lipinski definition) is 2. The number of carbonyl (C=O) groups excluding carboxylic acids is 2. The molecule has 1 aromatic carbocycles. The minimum Gasteiger partial charge on any atom is -0.508 e. The minimum atomic E-state index is -4.12. The molecule has 3 atom stereocenters. The van der Waals surface area contributed by atoms with Crippen molar-refractivity contribution >= 4 is 11.8 Å². The number of esters is 1. The van der Waals surface area contributed by atoms with Gasteiger partial charge in [0.25, 0.3) is 5.09 Å². The maximum absolute atomic E-state index is 14.6. The monoisotopic (exact) mass is 471 g/mol. The molecule has 0 spiro atoms. The third kappa shape index (κ3) is 4.72. The van der Waals surface area contributed by atoms with E-state index in [1.54, 1.807) is 0 Å². The molecule has 182 valence electrons. The number of ether oxygens (including phenoxy) is 1. The van der Waals surface area contributed by atoms with Crippen LogP contribution in [0.15, 0.2) is 12.1 Å². The molecule has 3 aliphatic rings. The number of ketones is 1. The van der Waals surface area contributed by atoms with Gasteiger partial charge in [-0.25, -0.2) is 4.79 Å². The van der Waals surface area contributed by atoms with Crippen molar-refractivity contribution in [3.05, 3.63) is 33.4 Å². The number of aromatic hydroxyl groups is 2. The Hall–Kier alpha value is -2.98. The summed E-state index contributed by atoms with van der Waals surface area (Å²) < 4.78 is 33.9. The van der Waals surface area contributed by atoms with Gasteiger partial charge in [-0.2, -0.15) is 8.78 Å². The van der Waals surface area contributed by atoms with Crippen LogP contribution < -0.4 is 0 Å². The van der Waals surface area contributed by atoms with E-state index >= 15 is 0 Å². The number of alkyl halides is 2. The van der Waals surface area contributed by atoms with Crippen LogP contribution in [-0.4, -0.2) is 40.3 Å². The standard InChI is InChI=1S/C22H27F2NO8/c1-21(2)14-11-15(21)16(26)10-13(14)19-17(27)8-12(9-18(19)28)22(23,24)20(29)32-6-4-3-5-7-33-25(30)31/h8-9,13-15,27-28H,3-7,10-11H2,1-2H3/t13-,14-,15+/m0/s1. The Morgan fingerprint density at radius 3 is 2.36 bits per heavy atom. The molecule has 0 unspecified atom stereocenters. The lowest BCUT2D eigenvalue weighted by Crippen LogP contribution is -2.56. The van der Waals surface area contributed by atoms with E-state index < -0.39 is 40.0 Å². The summed E-state index contributed by atoms with van der Waals surface area (Å²) in [7, 11) is 0. The van der Waals surface area contributed by atoms with Gasteiger partial charge in [0, 0.05) is 29.4 Å². The first-order valence-corrected chi connectivity index (χ1v) is 10.8. The van der Waals surface area contributed by atoms with E-state index in [0.29, 0.717) is 19.3 Å². The van der Waals surface area contributed by atoms with Gasteiger partial charge in [-0.05, 0) is 49.1 Å². The highest BCUT2D eigenvalue weighted by molar-refractivity contribution is 5.86. The van der Waals surface area contributed by atoms with E-state index in [-0.39, 0.29) is 54.7 Å². The second-order valence-corrected chi connectivity index (χ2v) is 9.25. The van der Waals surface area contributed by atoms with Crippen molar-refractivity contribution in [1.29, 1.82) is 0 Å². The minimum absolute atomic E-state index is 0.0177. The first-order valence-electron chi connectivity index (χ1n) is 10.8. The average Bonchev–Trinajstić information content (AvgIpc) is 2.71. The van der Waals surface area contributed by atoms with Gasteiger partial charge in [0.2, 0.25) is 0 Å². The van der Waals surface area contributed by atoms with Gasteiger partial charge in [-0.3, -0.25) is 4.79 Å². The molecule has 3 aliphatic carbocycles.